The first kappa shape index (κ1) is 16.9. The van der Waals surface area contributed by atoms with E-state index in [9.17, 15) is 5.11 Å². The van der Waals surface area contributed by atoms with Crippen LogP contribution >= 0.6 is 0 Å². The maximum absolute atomic E-state index is 9.60. The molecule has 0 aliphatic heterocycles. The van der Waals surface area contributed by atoms with Gasteiger partial charge < -0.3 is 5.11 Å². The zero-order valence-electron chi connectivity index (χ0n) is 16.0. The number of aliphatic hydroxyl groups excluding tert-OH is 1. The van der Waals surface area contributed by atoms with Crippen LogP contribution in [0.25, 0.3) is 0 Å². The van der Waals surface area contributed by atoms with Gasteiger partial charge in [-0.1, -0.05) is 76.7 Å². The predicted molar refractivity (Wildman–Crippen MR) is 101 cm³/mol. The van der Waals surface area contributed by atoms with Crippen molar-refractivity contribution in [1.29, 1.82) is 0 Å². The summed E-state index contributed by atoms with van der Waals surface area (Å²) in [5, 5.41) is 9.60. The number of aliphatic hydroxyl groups is 1. The second kappa shape index (κ2) is 5.73. The van der Waals surface area contributed by atoms with Crippen LogP contribution in [-0.2, 0) is 0 Å². The first-order chi connectivity index (χ1) is 11.4. The molecule has 0 heterocycles. The van der Waals surface area contributed by atoms with Crippen molar-refractivity contribution in [3.8, 4) is 0 Å². The Kier molecular flexibility index (Phi) is 4.03. The normalized spacial score (nSPS) is 44.5. The molecule has 0 aromatic carbocycles. The molecule has 4 aliphatic rings. The molecule has 1 heteroatoms. The van der Waals surface area contributed by atoms with Crippen LogP contribution in [0, 0.1) is 40.4 Å². The zero-order chi connectivity index (χ0) is 17.1. The number of hydrogen-bond donors (Lipinski definition) is 1. The van der Waals surface area contributed by atoms with E-state index in [0.29, 0.717) is 29.3 Å². The molecule has 1 nitrogen and oxygen atoms in total. The standard InChI is InChI=1S/C23H36O/c1-15-14-19-17(12-13-24)10-11-18(16-8-6-5-7-9-16)23(19,4)21-20(15)22(21,2)3/h14,16-18,20-21,24H,1,5-13H2,2-4H3/t17-,18-,20-,21+,23-/m1/s1. The Bertz CT molecular complexity index is 550. The van der Waals surface area contributed by atoms with Gasteiger partial charge >= 0.3 is 0 Å². The molecule has 0 spiro atoms. The highest BCUT2D eigenvalue weighted by Gasteiger charge is 2.70. The van der Waals surface area contributed by atoms with Gasteiger partial charge in [0.1, 0.15) is 0 Å². The maximum atomic E-state index is 9.60. The summed E-state index contributed by atoms with van der Waals surface area (Å²) in [5.74, 6) is 3.87. The van der Waals surface area contributed by atoms with E-state index >= 15 is 0 Å². The Morgan fingerprint density at radius 2 is 1.79 bits per heavy atom. The van der Waals surface area contributed by atoms with Gasteiger partial charge in [0.05, 0.1) is 0 Å². The van der Waals surface area contributed by atoms with Crippen molar-refractivity contribution in [3.63, 3.8) is 0 Å². The summed E-state index contributed by atoms with van der Waals surface area (Å²) in [6.07, 6.45) is 13.4. The summed E-state index contributed by atoms with van der Waals surface area (Å²) < 4.78 is 0. The van der Waals surface area contributed by atoms with Gasteiger partial charge in [0.2, 0.25) is 0 Å². The van der Waals surface area contributed by atoms with E-state index in [0.717, 1.165) is 24.2 Å². The van der Waals surface area contributed by atoms with Gasteiger partial charge in [-0.2, -0.15) is 0 Å². The Labute approximate surface area is 148 Å². The van der Waals surface area contributed by atoms with Crippen LogP contribution in [0.2, 0.25) is 0 Å². The quantitative estimate of drug-likeness (QED) is 0.699. The SMILES string of the molecule is C=C1C=C2[C@@H](CCO)CC[C@H](C3CCCCC3)[C@@]2(C)[C@H]2[C@@H]1C2(C)C. The lowest BCUT2D eigenvalue weighted by atomic mass is 9.51. The molecule has 0 saturated heterocycles. The summed E-state index contributed by atoms with van der Waals surface area (Å²) in [4.78, 5) is 0. The number of rotatable bonds is 3. The van der Waals surface area contributed by atoms with Gasteiger partial charge in [0.25, 0.3) is 0 Å². The number of allylic oxidation sites excluding steroid dienone is 3. The molecule has 24 heavy (non-hydrogen) atoms. The summed E-state index contributed by atoms with van der Waals surface area (Å²) >= 11 is 0. The van der Waals surface area contributed by atoms with Crippen molar-refractivity contribution in [3.05, 3.63) is 23.8 Å². The smallest absolute Gasteiger partial charge is 0.0436 e. The lowest BCUT2D eigenvalue weighted by Gasteiger charge is -2.53. The molecular weight excluding hydrogens is 292 g/mol. The Morgan fingerprint density at radius 3 is 2.46 bits per heavy atom. The van der Waals surface area contributed by atoms with E-state index in [1.807, 2.05) is 0 Å². The summed E-state index contributed by atoms with van der Waals surface area (Å²) in [5.41, 5.74) is 3.83. The van der Waals surface area contributed by atoms with Crippen molar-refractivity contribution >= 4 is 0 Å². The van der Waals surface area contributed by atoms with E-state index in [2.05, 4.69) is 33.4 Å². The van der Waals surface area contributed by atoms with Gasteiger partial charge in [-0.15, -0.1) is 0 Å². The molecule has 0 aromatic heterocycles. The fraction of sp³-hybridized carbons (Fsp3) is 0.826. The van der Waals surface area contributed by atoms with Gasteiger partial charge in [-0.25, -0.2) is 0 Å². The minimum atomic E-state index is 0.330. The first-order valence-electron chi connectivity index (χ1n) is 10.4. The molecule has 4 rings (SSSR count). The third-order valence-corrected chi connectivity index (χ3v) is 8.57. The van der Waals surface area contributed by atoms with E-state index in [4.69, 9.17) is 0 Å². The Hall–Kier alpha value is -0.560. The predicted octanol–water partition coefficient (Wildman–Crippen LogP) is 5.75. The third-order valence-electron chi connectivity index (χ3n) is 8.57. The number of fused-ring (bicyclic) bond motifs is 3. The molecule has 1 N–H and O–H groups in total. The summed E-state index contributed by atoms with van der Waals surface area (Å²) in [6.45, 7) is 12.3. The van der Waals surface area contributed by atoms with Crippen LogP contribution in [0.5, 0.6) is 0 Å². The molecule has 0 aromatic rings. The molecule has 0 bridgehead atoms. The van der Waals surface area contributed by atoms with Crippen molar-refractivity contribution in [2.24, 2.45) is 40.4 Å². The number of hydrogen-bond acceptors (Lipinski definition) is 1. The maximum Gasteiger partial charge on any atom is 0.0436 e. The van der Waals surface area contributed by atoms with E-state index in [1.54, 1.807) is 5.57 Å². The monoisotopic (exact) mass is 328 g/mol. The minimum Gasteiger partial charge on any atom is -0.396 e. The van der Waals surface area contributed by atoms with Gasteiger partial charge in [0, 0.05) is 6.61 Å². The minimum absolute atomic E-state index is 0.330. The first-order valence-corrected chi connectivity index (χ1v) is 10.4. The van der Waals surface area contributed by atoms with Crippen LogP contribution in [-0.4, -0.2) is 11.7 Å². The highest BCUT2D eigenvalue weighted by Crippen LogP contribution is 2.77. The second-order valence-electron chi connectivity index (χ2n) is 10.0. The average Bonchev–Trinajstić information content (AvgIpc) is 3.15. The molecule has 134 valence electrons. The van der Waals surface area contributed by atoms with Gasteiger partial charge in [-0.05, 0) is 59.7 Å². The van der Waals surface area contributed by atoms with Crippen LogP contribution in [0.3, 0.4) is 0 Å². The molecule has 4 aliphatic carbocycles. The molecular formula is C23H36O. The third kappa shape index (κ3) is 2.23. The summed E-state index contributed by atoms with van der Waals surface area (Å²) in [7, 11) is 0. The lowest BCUT2D eigenvalue weighted by Crippen LogP contribution is -2.45. The molecule has 5 atom stereocenters. The molecule has 0 radical (unpaired) electrons. The Balaban J connectivity index is 1.74. The van der Waals surface area contributed by atoms with E-state index in [-0.39, 0.29) is 0 Å². The van der Waals surface area contributed by atoms with Crippen molar-refractivity contribution < 1.29 is 5.11 Å². The fourth-order valence-corrected chi connectivity index (χ4v) is 7.63. The molecule has 3 fully saturated rings. The van der Waals surface area contributed by atoms with Crippen LogP contribution in [0.4, 0.5) is 0 Å². The highest BCUT2D eigenvalue weighted by atomic mass is 16.3. The van der Waals surface area contributed by atoms with Crippen LogP contribution in [0.15, 0.2) is 23.8 Å². The average molecular weight is 329 g/mol. The van der Waals surface area contributed by atoms with E-state index < -0.39 is 0 Å². The molecule has 0 unspecified atom stereocenters. The van der Waals surface area contributed by atoms with Gasteiger partial charge in [0.15, 0.2) is 0 Å². The topological polar surface area (TPSA) is 20.2 Å². The summed E-state index contributed by atoms with van der Waals surface area (Å²) in [6, 6.07) is 0. The van der Waals surface area contributed by atoms with Crippen LogP contribution in [0.1, 0.15) is 72.1 Å². The van der Waals surface area contributed by atoms with Crippen molar-refractivity contribution in [2.45, 2.75) is 72.1 Å². The van der Waals surface area contributed by atoms with Crippen molar-refractivity contribution in [1.82, 2.24) is 0 Å². The zero-order valence-corrected chi connectivity index (χ0v) is 16.0. The lowest BCUT2D eigenvalue weighted by molar-refractivity contribution is 0.0373. The fourth-order valence-electron chi connectivity index (χ4n) is 7.63. The Morgan fingerprint density at radius 1 is 1.08 bits per heavy atom. The van der Waals surface area contributed by atoms with Crippen molar-refractivity contribution in [2.75, 3.05) is 6.61 Å². The van der Waals surface area contributed by atoms with E-state index in [1.165, 1.54) is 50.5 Å². The second-order valence-corrected chi connectivity index (χ2v) is 10.0. The van der Waals surface area contributed by atoms with Crippen LogP contribution < -0.4 is 0 Å². The molecule has 0 amide bonds. The van der Waals surface area contributed by atoms with Gasteiger partial charge in [-0.3, -0.25) is 0 Å². The molecule has 3 saturated carbocycles. The highest BCUT2D eigenvalue weighted by molar-refractivity contribution is 5.45. The largest absolute Gasteiger partial charge is 0.396 e.